The Morgan fingerprint density at radius 2 is 1.59 bits per heavy atom. The second-order valence-corrected chi connectivity index (χ2v) is 8.41. The quantitative estimate of drug-likeness (QED) is 0.215. The van der Waals surface area contributed by atoms with Gasteiger partial charge < -0.3 is 14.2 Å². The van der Waals surface area contributed by atoms with Gasteiger partial charge in [-0.1, -0.05) is 66.9 Å². The molecule has 0 aromatic rings. The number of allylic oxidation sites excluding steroid dienone is 8. The minimum absolute atomic E-state index is 0.0667. The van der Waals surface area contributed by atoms with Gasteiger partial charge in [0.2, 0.25) is 0 Å². The average molecular weight is 487 g/mol. The fraction of sp³-hybridized carbons (Fsp3) is 0.724. The van der Waals surface area contributed by atoms with Crippen molar-refractivity contribution in [3.63, 3.8) is 0 Å². The Labute approximate surface area is 209 Å². The van der Waals surface area contributed by atoms with Crippen LogP contribution in [0.5, 0.6) is 0 Å². The Morgan fingerprint density at radius 1 is 0.971 bits per heavy atom. The van der Waals surface area contributed by atoms with Crippen LogP contribution in [0.25, 0.3) is 0 Å². The van der Waals surface area contributed by atoms with E-state index in [1.54, 1.807) is 26.0 Å². The van der Waals surface area contributed by atoms with E-state index < -0.39 is 11.7 Å². The lowest BCUT2D eigenvalue weighted by molar-refractivity contribution is -0.0377. The standard InChI is InChI=1S/C24H38F2O3.C3H8.C2H6/c1-7-9-10-21-14-13-20(16-29-21)15-28-18(4)12-11-17(3)22(8-2)24(26)23(25)19(5)27-6;1-3-2;1-2/h11-12,20-21H,7-10,13-16H2,1-6H3;3H2,1-2H3;1-2H3/b17-11+,18-12+,23-19-,24-22-;;. The fourth-order valence-electron chi connectivity index (χ4n) is 3.28. The van der Waals surface area contributed by atoms with Crippen molar-refractivity contribution in [3.05, 3.63) is 46.5 Å². The summed E-state index contributed by atoms with van der Waals surface area (Å²) in [5.74, 6) is -0.741. The molecule has 1 rings (SSSR count). The molecule has 0 radical (unpaired) electrons. The van der Waals surface area contributed by atoms with Crippen LogP contribution in [0.15, 0.2) is 46.5 Å². The van der Waals surface area contributed by atoms with E-state index in [1.165, 1.54) is 33.3 Å². The minimum atomic E-state index is -0.955. The molecule has 1 fully saturated rings. The van der Waals surface area contributed by atoms with Gasteiger partial charge in [-0.25, -0.2) is 8.78 Å². The second-order valence-electron chi connectivity index (χ2n) is 8.41. The molecule has 1 aliphatic heterocycles. The van der Waals surface area contributed by atoms with E-state index in [4.69, 9.17) is 14.2 Å². The van der Waals surface area contributed by atoms with E-state index in [9.17, 15) is 8.78 Å². The predicted molar refractivity (Wildman–Crippen MR) is 142 cm³/mol. The predicted octanol–water partition coefficient (Wildman–Crippen LogP) is 9.76. The van der Waals surface area contributed by atoms with Crippen molar-refractivity contribution in [1.29, 1.82) is 0 Å². The van der Waals surface area contributed by atoms with Crippen molar-refractivity contribution < 1.29 is 23.0 Å². The first kappa shape index (κ1) is 34.5. The van der Waals surface area contributed by atoms with Crippen molar-refractivity contribution in [2.75, 3.05) is 20.3 Å². The van der Waals surface area contributed by atoms with Crippen LogP contribution in [0.4, 0.5) is 8.78 Å². The average Bonchev–Trinajstić information content (AvgIpc) is 2.86. The molecule has 34 heavy (non-hydrogen) atoms. The normalized spacial score (nSPS) is 20.1. The second kappa shape index (κ2) is 21.9. The maximum atomic E-state index is 14.4. The molecule has 0 aliphatic carbocycles. The van der Waals surface area contributed by atoms with Crippen LogP contribution in [-0.2, 0) is 14.2 Å². The Kier molecular flexibility index (Phi) is 22.2. The van der Waals surface area contributed by atoms with Crippen LogP contribution < -0.4 is 0 Å². The molecular formula is C29H52F2O3. The van der Waals surface area contributed by atoms with Gasteiger partial charge >= 0.3 is 0 Å². The summed E-state index contributed by atoms with van der Waals surface area (Å²) in [7, 11) is 1.32. The molecule has 0 saturated carbocycles. The highest BCUT2D eigenvalue weighted by Gasteiger charge is 2.21. The number of hydrogen-bond acceptors (Lipinski definition) is 3. The molecule has 2 atom stereocenters. The maximum Gasteiger partial charge on any atom is 0.196 e. The van der Waals surface area contributed by atoms with Crippen LogP contribution in [0.2, 0.25) is 0 Å². The van der Waals surface area contributed by atoms with E-state index in [-0.39, 0.29) is 5.76 Å². The van der Waals surface area contributed by atoms with Gasteiger partial charge in [0.1, 0.15) is 5.76 Å². The van der Waals surface area contributed by atoms with Gasteiger partial charge in [-0.05, 0) is 63.7 Å². The summed E-state index contributed by atoms with van der Waals surface area (Å²) >= 11 is 0. The highest BCUT2D eigenvalue weighted by molar-refractivity contribution is 5.40. The molecule has 0 bridgehead atoms. The topological polar surface area (TPSA) is 27.7 Å². The third-order valence-electron chi connectivity index (χ3n) is 5.36. The van der Waals surface area contributed by atoms with Crippen molar-refractivity contribution in [1.82, 2.24) is 0 Å². The number of unbranched alkanes of at least 4 members (excludes halogenated alkanes) is 1. The smallest absolute Gasteiger partial charge is 0.196 e. The maximum absolute atomic E-state index is 14.4. The zero-order valence-corrected chi connectivity index (χ0v) is 23.7. The fourth-order valence-corrected chi connectivity index (χ4v) is 3.28. The summed E-state index contributed by atoms with van der Waals surface area (Å²) in [4.78, 5) is 0. The number of rotatable bonds is 11. The van der Waals surface area contributed by atoms with E-state index in [0.717, 1.165) is 31.6 Å². The Balaban J connectivity index is 0. The third kappa shape index (κ3) is 14.6. The van der Waals surface area contributed by atoms with Crippen molar-refractivity contribution in [2.24, 2.45) is 5.92 Å². The van der Waals surface area contributed by atoms with Crippen molar-refractivity contribution in [3.8, 4) is 0 Å². The summed E-state index contributed by atoms with van der Waals surface area (Å²) in [6.45, 7) is 18.7. The van der Waals surface area contributed by atoms with Crippen LogP contribution in [-0.4, -0.2) is 26.4 Å². The molecule has 2 unspecified atom stereocenters. The first-order valence-electron chi connectivity index (χ1n) is 13.1. The zero-order chi connectivity index (χ0) is 26.5. The Morgan fingerprint density at radius 3 is 2.06 bits per heavy atom. The van der Waals surface area contributed by atoms with E-state index in [2.05, 4.69) is 20.8 Å². The van der Waals surface area contributed by atoms with Gasteiger partial charge in [0.05, 0.1) is 32.2 Å². The molecule has 0 spiro atoms. The molecule has 0 aromatic heterocycles. The lowest BCUT2D eigenvalue weighted by Gasteiger charge is -2.29. The van der Waals surface area contributed by atoms with Gasteiger partial charge in [-0.2, -0.15) is 0 Å². The highest BCUT2D eigenvalue weighted by Crippen LogP contribution is 2.28. The summed E-state index contributed by atoms with van der Waals surface area (Å²) in [6.07, 6.45) is 11.4. The van der Waals surface area contributed by atoms with Gasteiger partial charge in [0.15, 0.2) is 11.7 Å². The molecule has 1 saturated heterocycles. The van der Waals surface area contributed by atoms with Gasteiger partial charge in [0.25, 0.3) is 0 Å². The molecule has 1 aliphatic rings. The van der Waals surface area contributed by atoms with Gasteiger partial charge in [-0.15, -0.1) is 0 Å². The largest absolute Gasteiger partial charge is 0.498 e. The van der Waals surface area contributed by atoms with Crippen molar-refractivity contribution >= 4 is 0 Å². The number of hydrogen-bond donors (Lipinski definition) is 0. The van der Waals surface area contributed by atoms with Crippen LogP contribution in [0, 0.1) is 5.92 Å². The van der Waals surface area contributed by atoms with Crippen LogP contribution in [0.1, 0.15) is 107 Å². The summed E-state index contributed by atoms with van der Waals surface area (Å²) in [6, 6.07) is 0. The Bertz CT molecular complexity index is 640. The van der Waals surface area contributed by atoms with E-state index in [0.29, 0.717) is 36.2 Å². The molecular weight excluding hydrogens is 434 g/mol. The monoisotopic (exact) mass is 486 g/mol. The van der Waals surface area contributed by atoms with Crippen molar-refractivity contribution in [2.45, 2.75) is 113 Å². The third-order valence-corrected chi connectivity index (χ3v) is 5.36. The molecule has 1 heterocycles. The lowest BCUT2D eigenvalue weighted by atomic mass is 9.96. The van der Waals surface area contributed by atoms with Crippen LogP contribution in [0.3, 0.4) is 0 Å². The molecule has 0 amide bonds. The zero-order valence-electron chi connectivity index (χ0n) is 23.7. The SMILES string of the molecule is CC.CCC.CCCCC1CCC(CO/C(C)=C/C=C(C)/C(CC)=C(F)/C(F)=C(\C)OC)CO1. The first-order chi connectivity index (χ1) is 16.2. The molecule has 0 aromatic carbocycles. The molecule has 5 heteroatoms. The number of ether oxygens (including phenoxy) is 3. The summed E-state index contributed by atoms with van der Waals surface area (Å²) < 4.78 is 45.1. The molecule has 3 nitrogen and oxygen atoms in total. The Hall–Kier alpha value is -1.62. The molecule has 0 N–H and O–H groups in total. The number of halogens is 2. The van der Waals surface area contributed by atoms with Gasteiger partial charge in [0, 0.05) is 5.92 Å². The number of methoxy groups -OCH3 is 1. The first-order valence-corrected chi connectivity index (χ1v) is 13.1. The highest BCUT2D eigenvalue weighted by atomic mass is 19.2. The lowest BCUT2D eigenvalue weighted by Crippen LogP contribution is -2.28. The van der Waals surface area contributed by atoms with Gasteiger partial charge in [-0.3, -0.25) is 0 Å². The van der Waals surface area contributed by atoms with Crippen LogP contribution >= 0.6 is 0 Å². The molecule has 200 valence electrons. The minimum Gasteiger partial charge on any atom is -0.498 e. The van der Waals surface area contributed by atoms with E-state index in [1.807, 2.05) is 20.8 Å². The summed E-state index contributed by atoms with van der Waals surface area (Å²) in [5, 5.41) is 0. The van der Waals surface area contributed by atoms with E-state index >= 15 is 0 Å². The summed E-state index contributed by atoms with van der Waals surface area (Å²) in [5.41, 5.74) is 0.980.